The van der Waals surface area contributed by atoms with Gasteiger partial charge in [0.05, 0.1) is 32.4 Å². The first-order chi connectivity index (χ1) is 11.5. The summed E-state index contributed by atoms with van der Waals surface area (Å²) in [5.74, 6) is 1.13. The average Bonchev–Trinajstić information content (AvgIpc) is 2.99. The van der Waals surface area contributed by atoms with E-state index in [-0.39, 0.29) is 31.6 Å². The molecule has 0 atom stereocenters. The number of hydrogen-bond acceptors (Lipinski definition) is 7. The number of fused-ring (bicyclic) bond motifs is 1. The molecule has 0 saturated carbocycles. The van der Waals surface area contributed by atoms with Gasteiger partial charge in [-0.2, -0.15) is 0 Å². The smallest absolute Gasteiger partial charge is 0.307 e. The van der Waals surface area contributed by atoms with Crippen LogP contribution >= 0.6 is 0 Å². The molecule has 0 bridgehead atoms. The molecule has 1 N–H and O–H groups in total. The Hall–Kier alpha value is -2.48. The molecule has 0 radical (unpaired) electrons. The lowest BCUT2D eigenvalue weighted by molar-refractivity contribution is -0.143. The molecular formula is C16H22N2O6. The second-order valence-electron chi connectivity index (χ2n) is 5.25. The molecule has 1 amide bonds. The van der Waals surface area contributed by atoms with Crippen LogP contribution < -0.4 is 19.5 Å². The van der Waals surface area contributed by atoms with Crippen LogP contribution in [-0.2, 0) is 14.3 Å². The Morgan fingerprint density at radius 1 is 1.29 bits per heavy atom. The maximum absolute atomic E-state index is 12.2. The summed E-state index contributed by atoms with van der Waals surface area (Å²) in [6.07, 6.45) is 0.241. The normalized spacial score (nSPS) is 12.2. The number of ether oxygens (including phenoxy) is 4. The molecule has 132 valence electrons. The van der Waals surface area contributed by atoms with Crippen molar-refractivity contribution in [3.05, 3.63) is 12.1 Å². The summed E-state index contributed by atoms with van der Waals surface area (Å²) in [4.78, 5) is 25.2. The van der Waals surface area contributed by atoms with Gasteiger partial charge in [0.25, 0.3) is 0 Å². The fourth-order valence-electron chi connectivity index (χ4n) is 2.22. The maximum atomic E-state index is 12.2. The number of likely N-dealkylation sites (N-methyl/N-ethyl adjacent to an activating group) is 1. The van der Waals surface area contributed by atoms with Crippen LogP contribution in [0.3, 0.4) is 0 Å². The summed E-state index contributed by atoms with van der Waals surface area (Å²) in [5, 5.41) is 2.78. The van der Waals surface area contributed by atoms with E-state index in [0.717, 1.165) is 0 Å². The summed E-state index contributed by atoms with van der Waals surface area (Å²) >= 11 is 0. The van der Waals surface area contributed by atoms with Crippen molar-refractivity contribution in [1.82, 2.24) is 4.90 Å². The highest BCUT2D eigenvalue weighted by atomic mass is 16.7. The summed E-state index contributed by atoms with van der Waals surface area (Å²) in [5.41, 5.74) is 0.505. The molecule has 1 aromatic carbocycles. The monoisotopic (exact) mass is 338 g/mol. The zero-order valence-corrected chi connectivity index (χ0v) is 14.1. The number of anilines is 1. The van der Waals surface area contributed by atoms with Crippen LogP contribution in [0.15, 0.2) is 12.1 Å². The van der Waals surface area contributed by atoms with Crippen molar-refractivity contribution >= 4 is 17.6 Å². The SMILES string of the molecule is CCOC(=O)CCN(C)CC(=O)Nc1cc2c(cc1OC)OCO2. The van der Waals surface area contributed by atoms with Crippen LogP contribution in [0.4, 0.5) is 5.69 Å². The van der Waals surface area contributed by atoms with Crippen molar-refractivity contribution in [2.24, 2.45) is 0 Å². The lowest BCUT2D eigenvalue weighted by Crippen LogP contribution is -2.32. The summed E-state index contributed by atoms with van der Waals surface area (Å²) in [6.45, 7) is 2.83. The van der Waals surface area contributed by atoms with Crippen LogP contribution in [-0.4, -0.2) is 57.4 Å². The number of carbonyl (C=O) groups is 2. The first-order valence-corrected chi connectivity index (χ1v) is 7.65. The first-order valence-electron chi connectivity index (χ1n) is 7.65. The molecule has 1 aliphatic rings. The lowest BCUT2D eigenvalue weighted by atomic mass is 10.2. The van der Waals surface area contributed by atoms with Gasteiger partial charge >= 0.3 is 5.97 Å². The molecule has 1 heterocycles. The molecule has 0 spiro atoms. The number of hydrogen-bond donors (Lipinski definition) is 1. The van der Waals surface area contributed by atoms with Gasteiger partial charge in [-0.3, -0.25) is 14.5 Å². The Bertz CT molecular complexity index is 604. The molecule has 0 aliphatic carbocycles. The van der Waals surface area contributed by atoms with E-state index in [1.54, 1.807) is 31.0 Å². The minimum absolute atomic E-state index is 0.136. The molecule has 0 saturated heterocycles. The number of benzene rings is 1. The third kappa shape index (κ3) is 4.76. The van der Waals surface area contributed by atoms with E-state index in [1.807, 2.05) is 0 Å². The van der Waals surface area contributed by atoms with E-state index in [1.165, 1.54) is 7.11 Å². The fraction of sp³-hybridized carbons (Fsp3) is 0.500. The van der Waals surface area contributed by atoms with E-state index < -0.39 is 0 Å². The van der Waals surface area contributed by atoms with Gasteiger partial charge in [0.2, 0.25) is 12.7 Å². The summed E-state index contributed by atoms with van der Waals surface area (Å²) < 4.78 is 20.7. The molecule has 24 heavy (non-hydrogen) atoms. The topological polar surface area (TPSA) is 86.3 Å². The predicted molar refractivity (Wildman–Crippen MR) is 86.5 cm³/mol. The highest BCUT2D eigenvalue weighted by Crippen LogP contribution is 2.40. The van der Waals surface area contributed by atoms with Gasteiger partial charge in [-0.05, 0) is 14.0 Å². The number of nitrogens with one attached hydrogen (secondary N) is 1. The molecule has 8 heteroatoms. The summed E-state index contributed by atoms with van der Waals surface area (Å²) in [6, 6.07) is 3.33. The molecule has 0 unspecified atom stereocenters. The number of nitrogens with zero attached hydrogens (tertiary/aromatic N) is 1. The minimum Gasteiger partial charge on any atom is -0.494 e. The van der Waals surface area contributed by atoms with E-state index in [4.69, 9.17) is 18.9 Å². The molecule has 0 fully saturated rings. The van der Waals surface area contributed by atoms with Crippen LogP contribution in [0.1, 0.15) is 13.3 Å². The first kappa shape index (κ1) is 17.9. The van der Waals surface area contributed by atoms with Crippen molar-refractivity contribution in [1.29, 1.82) is 0 Å². The third-order valence-electron chi connectivity index (χ3n) is 3.39. The average molecular weight is 338 g/mol. The Kier molecular flexibility index (Phi) is 6.25. The van der Waals surface area contributed by atoms with Crippen molar-refractivity contribution in [2.45, 2.75) is 13.3 Å². The fourth-order valence-corrected chi connectivity index (χ4v) is 2.22. The number of rotatable bonds is 8. The molecule has 8 nitrogen and oxygen atoms in total. The summed E-state index contributed by atoms with van der Waals surface area (Å²) in [7, 11) is 3.27. The largest absolute Gasteiger partial charge is 0.494 e. The number of methoxy groups -OCH3 is 1. The quantitative estimate of drug-likeness (QED) is 0.714. The van der Waals surface area contributed by atoms with Gasteiger partial charge < -0.3 is 24.3 Å². The van der Waals surface area contributed by atoms with Crippen LogP contribution in [0, 0.1) is 0 Å². The van der Waals surface area contributed by atoms with Crippen LogP contribution in [0.5, 0.6) is 17.2 Å². The minimum atomic E-state index is -0.276. The number of esters is 1. The zero-order chi connectivity index (χ0) is 17.5. The molecular weight excluding hydrogens is 316 g/mol. The van der Waals surface area contributed by atoms with Crippen LogP contribution in [0.2, 0.25) is 0 Å². The third-order valence-corrected chi connectivity index (χ3v) is 3.39. The van der Waals surface area contributed by atoms with Gasteiger partial charge in [-0.25, -0.2) is 0 Å². The predicted octanol–water partition coefficient (Wildman–Crippen LogP) is 1.25. The molecule has 0 aromatic heterocycles. The van der Waals surface area contributed by atoms with E-state index in [9.17, 15) is 9.59 Å². The van der Waals surface area contributed by atoms with Gasteiger partial charge in [0, 0.05) is 18.7 Å². The number of carbonyl (C=O) groups excluding carboxylic acids is 2. The molecule has 2 rings (SSSR count). The Morgan fingerprint density at radius 2 is 2.00 bits per heavy atom. The van der Waals surface area contributed by atoms with Crippen molar-refractivity contribution in [3.8, 4) is 17.2 Å². The molecule has 1 aromatic rings. The van der Waals surface area contributed by atoms with Crippen molar-refractivity contribution in [3.63, 3.8) is 0 Å². The second kappa shape index (κ2) is 8.39. The number of amides is 1. The molecule has 1 aliphatic heterocycles. The Balaban J connectivity index is 1.89. The van der Waals surface area contributed by atoms with Gasteiger partial charge in [0.1, 0.15) is 5.75 Å². The zero-order valence-electron chi connectivity index (χ0n) is 14.1. The Labute approximate surface area is 140 Å². The van der Waals surface area contributed by atoms with Gasteiger partial charge in [0.15, 0.2) is 11.5 Å². The van der Waals surface area contributed by atoms with Crippen molar-refractivity contribution < 1.29 is 28.5 Å². The van der Waals surface area contributed by atoms with Crippen molar-refractivity contribution in [2.75, 3.05) is 46.0 Å². The van der Waals surface area contributed by atoms with Gasteiger partial charge in [-0.15, -0.1) is 0 Å². The highest BCUT2D eigenvalue weighted by molar-refractivity contribution is 5.94. The van der Waals surface area contributed by atoms with Gasteiger partial charge in [-0.1, -0.05) is 0 Å². The maximum Gasteiger partial charge on any atom is 0.307 e. The van der Waals surface area contributed by atoms with E-state index in [2.05, 4.69) is 5.32 Å². The second-order valence-corrected chi connectivity index (χ2v) is 5.25. The standard InChI is InChI=1S/C16H22N2O6/c1-4-22-16(20)5-6-18(2)9-15(19)17-11-7-13-14(24-10-23-13)8-12(11)21-3/h7-8H,4-6,9-10H2,1-3H3,(H,17,19). The van der Waals surface area contributed by atoms with E-state index >= 15 is 0 Å². The van der Waals surface area contributed by atoms with Crippen LogP contribution in [0.25, 0.3) is 0 Å². The Morgan fingerprint density at radius 3 is 2.67 bits per heavy atom. The highest BCUT2D eigenvalue weighted by Gasteiger charge is 2.19. The lowest BCUT2D eigenvalue weighted by Gasteiger charge is -2.17. The van der Waals surface area contributed by atoms with E-state index in [0.29, 0.717) is 36.1 Å².